The van der Waals surface area contributed by atoms with Crippen molar-refractivity contribution in [3.8, 4) is 0 Å². The Balaban J connectivity index is 2.17. The lowest BCUT2D eigenvalue weighted by molar-refractivity contribution is -0.122. The first-order valence-corrected chi connectivity index (χ1v) is 9.01. The van der Waals surface area contributed by atoms with Crippen molar-refractivity contribution in [3.05, 3.63) is 35.9 Å². The highest BCUT2D eigenvalue weighted by Crippen LogP contribution is 2.40. The molecule has 0 aliphatic carbocycles. The van der Waals surface area contributed by atoms with E-state index in [4.69, 9.17) is 0 Å². The number of benzene rings is 1. The van der Waals surface area contributed by atoms with Gasteiger partial charge >= 0.3 is 6.03 Å². The van der Waals surface area contributed by atoms with Crippen molar-refractivity contribution in [3.63, 3.8) is 0 Å². The largest absolute Gasteiger partial charge is 0.394 e. The van der Waals surface area contributed by atoms with Gasteiger partial charge in [0, 0.05) is 18.5 Å². The normalized spacial score (nSPS) is 22.3. The van der Waals surface area contributed by atoms with Crippen LogP contribution in [0.3, 0.4) is 0 Å². The Kier molecular flexibility index (Phi) is 6.99. The third-order valence-corrected chi connectivity index (χ3v) is 4.53. The molecule has 1 aliphatic rings. The van der Waals surface area contributed by atoms with Crippen LogP contribution in [0.15, 0.2) is 30.3 Å². The minimum Gasteiger partial charge on any atom is -0.394 e. The lowest BCUT2D eigenvalue weighted by Crippen LogP contribution is -2.70. The lowest BCUT2D eigenvalue weighted by atomic mass is 9.75. The highest BCUT2D eigenvalue weighted by atomic mass is 16.3. The van der Waals surface area contributed by atoms with Gasteiger partial charge in [0.05, 0.1) is 25.2 Å². The van der Waals surface area contributed by atoms with Crippen LogP contribution in [-0.2, 0) is 4.79 Å². The van der Waals surface area contributed by atoms with Gasteiger partial charge in [-0.2, -0.15) is 0 Å². The van der Waals surface area contributed by atoms with E-state index >= 15 is 0 Å². The summed E-state index contributed by atoms with van der Waals surface area (Å²) < 4.78 is 0. The Morgan fingerprint density at radius 1 is 1.19 bits per heavy atom. The summed E-state index contributed by atoms with van der Waals surface area (Å²) in [6.45, 7) is 4.33. The molecule has 3 N–H and O–H groups in total. The summed E-state index contributed by atoms with van der Waals surface area (Å²) >= 11 is 0. The fraction of sp³-hybridized carbons (Fsp3) is 0.579. The number of rotatable bonds is 7. The van der Waals surface area contributed by atoms with E-state index in [-0.39, 0.29) is 42.6 Å². The molecule has 1 aromatic carbocycles. The molecule has 0 spiro atoms. The van der Waals surface area contributed by atoms with Crippen molar-refractivity contribution in [1.82, 2.24) is 20.4 Å². The van der Waals surface area contributed by atoms with Crippen LogP contribution in [0.25, 0.3) is 0 Å². The summed E-state index contributed by atoms with van der Waals surface area (Å²) in [7, 11) is 3.67. The average Bonchev–Trinajstić information content (AvgIpc) is 2.53. The number of hydrogen-bond donors (Lipinski definition) is 3. The Morgan fingerprint density at radius 2 is 1.85 bits per heavy atom. The van der Waals surface area contributed by atoms with Crippen molar-refractivity contribution < 1.29 is 14.7 Å². The minimum absolute atomic E-state index is 0.00148. The Labute approximate surface area is 155 Å². The van der Waals surface area contributed by atoms with Crippen molar-refractivity contribution in [2.75, 3.05) is 33.8 Å². The van der Waals surface area contributed by atoms with Crippen LogP contribution in [0.1, 0.15) is 25.3 Å². The Bertz CT molecular complexity index is 606. The van der Waals surface area contributed by atoms with Gasteiger partial charge in [0.25, 0.3) is 0 Å². The van der Waals surface area contributed by atoms with Crippen LogP contribution in [0, 0.1) is 0 Å². The summed E-state index contributed by atoms with van der Waals surface area (Å²) in [4.78, 5) is 28.1. The molecule has 7 nitrogen and oxygen atoms in total. The number of likely N-dealkylation sites (tertiary alicyclic amines) is 1. The predicted octanol–water partition coefficient (Wildman–Crippen LogP) is 0.611. The van der Waals surface area contributed by atoms with Crippen LogP contribution in [-0.4, -0.2) is 78.8 Å². The molecule has 1 saturated heterocycles. The average molecular weight is 362 g/mol. The number of carbonyl (C=O) groups excluding carboxylic acids is 2. The van der Waals surface area contributed by atoms with Gasteiger partial charge < -0.3 is 25.5 Å². The molecule has 0 radical (unpaired) electrons. The number of nitrogens with zero attached hydrogens (tertiary/aromatic N) is 2. The zero-order valence-electron chi connectivity index (χ0n) is 16.0. The number of urea groups is 1. The quantitative estimate of drug-likeness (QED) is 0.664. The van der Waals surface area contributed by atoms with E-state index in [0.29, 0.717) is 13.1 Å². The van der Waals surface area contributed by atoms with Crippen molar-refractivity contribution in [1.29, 1.82) is 0 Å². The number of nitrogens with one attached hydrogen (secondary N) is 2. The summed E-state index contributed by atoms with van der Waals surface area (Å²) in [5.41, 5.74) is 1.06. The van der Waals surface area contributed by atoms with E-state index < -0.39 is 0 Å². The van der Waals surface area contributed by atoms with Crippen molar-refractivity contribution >= 4 is 11.9 Å². The molecule has 144 valence electrons. The van der Waals surface area contributed by atoms with Crippen LogP contribution < -0.4 is 10.6 Å². The zero-order valence-corrected chi connectivity index (χ0v) is 16.0. The van der Waals surface area contributed by atoms with Gasteiger partial charge in [-0.05, 0) is 33.5 Å². The lowest BCUT2D eigenvalue weighted by Gasteiger charge is -2.54. The van der Waals surface area contributed by atoms with Gasteiger partial charge in [-0.25, -0.2) is 4.79 Å². The number of carbonyl (C=O) groups is 2. The molecule has 3 atom stereocenters. The topological polar surface area (TPSA) is 84.9 Å². The van der Waals surface area contributed by atoms with Crippen LogP contribution in [0.2, 0.25) is 0 Å². The molecule has 1 aromatic rings. The molecule has 1 fully saturated rings. The van der Waals surface area contributed by atoms with E-state index in [1.54, 1.807) is 9.80 Å². The second-order valence-electron chi connectivity index (χ2n) is 7.31. The number of amides is 3. The van der Waals surface area contributed by atoms with Gasteiger partial charge in [-0.1, -0.05) is 30.3 Å². The zero-order chi connectivity index (χ0) is 19.3. The first-order valence-electron chi connectivity index (χ1n) is 9.01. The van der Waals surface area contributed by atoms with Crippen LogP contribution in [0.5, 0.6) is 0 Å². The predicted molar refractivity (Wildman–Crippen MR) is 101 cm³/mol. The van der Waals surface area contributed by atoms with Gasteiger partial charge in [0.2, 0.25) is 5.91 Å². The molecule has 7 heteroatoms. The highest BCUT2D eigenvalue weighted by molar-refractivity contribution is 5.79. The van der Waals surface area contributed by atoms with E-state index in [9.17, 15) is 14.7 Å². The molecule has 2 rings (SSSR count). The molecule has 1 heterocycles. The second-order valence-corrected chi connectivity index (χ2v) is 7.31. The van der Waals surface area contributed by atoms with Crippen LogP contribution >= 0.6 is 0 Å². The van der Waals surface area contributed by atoms with E-state index in [0.717, 1.165) is 5.56 Å². The molecule has 0 saturated carbocycles. The molecule has 0 bridgehead atoms. The molecule has 0 aromatic heterocycles. The van der Waals surface area contributed by atoms with Crippen molar-refractivity contribution in [2.24, 2.45) is 0 Å². The van der Waals surface area contributed by atoms with Gasteiger partial charge in [-0.3, -0.25) is 4.79 Å². The van der Waals surface area contributed by atoms with E-state index in [1.165, 1.54) is 0 Å². The van der Waals surface area contributed by atoms with Gasteiger partial charge in [0.1, 0.15) is 0 Å². The molecule has 3 amide bonds. The van der Waals surface area contributed by atoms with E-state index in [1.807, 2.05) is 58.3 Å². The first kappa shape index (κ1) is 20.2. The number of hydrogen-bond acceptors (Lipinski definition) is 4. The number of likely N-dealkylation sites (N-methyl/N-ethyl adjacent to an activating group) is 1. The molecule has 1 aliphatic heterocycles. The maximum atomic E-state index is 12.6. The van der Waals surface area contributed by atoms with Gasteiger partial charge in [0.15, 0.2) is 0 Å². The summed E-state index contributed by atoms with van der Waals surface area (Å²) in [5.74, 6) is -0.0998. The Morgan fingerprint density at radius 3 is 2.38 bits per heavy atom. The highest BCUT2D eigenvalue weighted by Gasteiger charge is 2.51. The molecular weight excluding hydrogens is 332 g/mol. The van der Waals surface area contributed by atoms with Crippen molar-refractivity contribution in [2.45, 2.75) is 37.9 Å². The fourth-order valence-corrected chi connectivity index (χ4v) is 3.48. The van der Waals surface area contributed by atoms with E-state index in [2.05, 4.69) is 10.6 Å². The Hall–Kier alpha value is -2.12. The summed E-state index contributed by atoms with van der Waals surface area (Å²) in [6.07, 6.45) is 0. The second kappa shape index (κ2) is 9.00. The smallest absolute Gasteiger partial charge is 0.318 e. The third kappa shape index (κ3) is 4.74. The maximum Gasteiger partial charge on any atom is 0.318 e. The monoisotopic (exact) mass is 362 g/mol. The number of aliphatic hydroxyl groups excluding tert-OH is 1. The fourth-order valence-electron chi connectivity index (χ4n) is 3.48. The summed E-state index contributed by atoms with van der Waals surface area (Å²) in [5, 5.41) is 15.7. The minimum atomic E-state index is -0.299. The van der Waals surface area contributed by atoms with Crippen LogP contribution in [0.4, 0.5) is 4.79 Å². The third-order valence-electron chi connectivity index (χ3n) is 4.53. The maximum absolute atomic E-state index is 12.6. The molecule has 0 unspecified atom stereocenters. The summed E-state index contributed by atoms with van der Waals surface area (Å²) in [6, 6.07) is 9.13. The molecule has 26 heavy (non-hydrogen) atoms. The van der Waals surface area contributed by atoms with Gasteiger partial charge in [-0.15, -0.1) is 0 Å². The standard InChI is InChI=1S/C19H30N4O3/c1-13(2)21-19(26)23-15(10-20-17(25)11-22(3)4)18(16(23)12-24)14-8-6-5-7-9-14/h5-9,13,15-16,18,24H,10-12H2,1-4H3,(H,20,25)(H,21,26)/t15-,16-,18-/m0/s1. The number of aliphatic hydroxyl groups is 1. The molecular formula is C19H30N4O3. The first-order chi connectivity index (χ1) is 12.3. The SMILES string of the molecule is CC(C)NC(=O)N1[C@@H](CO)[C@@H](c2ccccc2)[C@@H]1CNC(=O)CN(C)C.